The van der Waals surface area contributed by atoms with Gasteiger partial charge in [-0.2, -0.15) is 5.26 Å². The monoisotopic (exact) mass is 324 g/mol. The zero-order valence-electron chi connectivity index (χ0n) is 12.9. The van der Waals surface area contributed by atoms with Crippen LogP contribution in [0.25, 0.3) is 11.1 Å². The maximum Gasteiger partial charge on any atom is 0.338 e. The average Bonchev–Trinajstić information content (AvgIpc) is 2.61. The Labute approximate surface area is 139 Å². The number of carbonyl (C=O) groups is 2. The van der Waals surface area contributed by atoms with Gasteiger partial charge in [-0.1, -0.05) is 24.3 Å². The molecule has 0 saturated heterocycles. The summed E-state index contributed by atoms with van der Waals surface area (Å²) in [7, 11) is 0. The molecule has 6 nitrogen and oxygen atoms in total. The second kappa shape index (κ2) is 8.34. The van der Waals surface area contributed by atoms with E-state index in [1.54, 1.807) is 48.5 Å². The molecular weight excluding hydrogens is 308 g/mol. The first-order chi connectivity index (χ1) is 11.6. The number of hydrogen-bond donors (Lipinski definition) is 2. The van der Waals surface area contributed by atoms with Gasteiger partial charge in [0.15, 0.2) is 6.61 Å². The number of nitrogens with one attached hydrogen (secondary N) is 1. The molecule has 24 heavy (non-hydrogen) atoms. The van der Waals surface area contributed by atoms with Crippen molar-refractivity contribution in [2.24, 2.45) is 0 Å². The zero-order chi connectivity index (χ0) is 17.4. The van der Waals surface area contributed by atoms with Crippen molar-refractivity contribution in [3.63, 3.8) is 0 Å². The van der Waals surface area contributed by atoms with E-state index in [4.69, 9.17) is 10.00 Å². The molecule has 0 radical (unpaired) electrons. The molecule has 0 unspecified atom stereocenters. The van der Waals surface area contributed by atoms with Crippen molar-refractivity contribution in [1.29, 1.82) is 5.26 Å². The van der Waals surface area contributed by atoms with Crippen LogP contribution in [0.2, 0.25) is 0 Å². The summed E-state index contributed by atoms with van der Waals surface area (Å²) in [4.78, 5) is 23.3. The fourth-order valence-corrected chi connectivity index (χ4v) is 1.98. The Morgan fingerprint density at radius 2 is 1.62 bits per heavy atom. The van der Waals surface area contributed by atoms with E-state index in [0.717, 1.165) is 11.1 Å². The topological polar surface area (TPSA) is 99.4 Å². The number of amides is 1. The van der Waals surface area contributed by atoms with Crippen LogP contribution in [0, 0.1) is 11.3 Å². The highest BCUT2D eigenvalue weighted by Crippen LogP contribution is 2.22. The molecule has 2 rings (SSSR count). The van der Waals surface area contributed by atoms with Crippen LogP contribution in [-0.4, -0.2) is 30.1 Å². The summed E-state index contributed by atoms with van der Waals surface area (Å²) >= 11 is 0. The number of aromatic hydroxyl groups is 1. The molecule has 0 heterocycles. The van der Waals surface area contributed by atoms with Gasteiger partial charge in [0.2, 0.25) is 0 Å². The number of esters is 1. The third kappa shape index (κ3) is 4.85. The molecule has 2 aromatic carbocycles. The highest BCUT2D eigenvalue weighted by atomic mass is 16.5. The molecule has 0 atom stereocenters. The summed E-state index contributed by atoms with van der Waals surface area (Å²) in [5, 5.41) is 20.1. The van der Waals surface area contributed by atoms with E-state index < -0.39 is 11.9 Å². The number of carbonyl (C=O) groups excluding carboxylic acids is 2. The SMILES string of the molecule is N#CCCNC(=O)COC(=O)c1ccc(-c2ccc(O)cc2)cc1. The molecule has 0 saturated carbocycles. The molecule has 1 amide bonds. The van der Waals surface area contributed by atoms with E-state index in [9.17, 15) is 14.7 Å². The van der Waals surface area contributed by atoms with Gasteiger partial charge in [0.25, 0.3) is 5.91 Å². The fraction of sp³-hybridized carbons (Fsp3) is 0.167. The van der Waals surface area contributed by atoms with E-state index in [1.165, 1.54) is 0 Å². The van der Waals surface area contributed by atoms with Crippen LogP contribution < -0.4 is 5.32 Å². The molecule has 0 aliphatic rings. The van der Waals surface area contributed by atoms with Gasteiger partial charge in [0, 0.05) is 6.54 Å². The van der Waals surface area contributed by atoms with Crippen molar-refractivity contribution >= 4 is 11.9 Å². The molecule has 122 valence electrons. The van der Waals surface area contributed by atoms with Gasteiger partial charge in [0.1, 0.15) is 5.75 Å². The molecule has 0 fully saturated rings. The minimum atomic E-state index is -0.595. The van der Waals surface area contributed by atoms with Crippen LogP contribution in [0.3, 0.4) is 0 Å². The third-order valence-corrected chi connectivity index (χ3v) is 3.21. The number of phenols is 1. The largest absolute Gasteiger partial charge is 0.508 e. The number of rotatable bonds is 6. The van der Waals surface area contributed by atoms with Crippen molar-refractivity contribution in [3.8, 4) is 22.9 Å². The van der Waals surface area contributed by atoms with Crippen molar-refractivity contribution < 1.29 is 19.4 Å². The lowest BCUT2D eigenvalue weighted by molar-refractivity contribution is -0.124. The standard InChI is InChI=1S/C18H16N2O4/c19-10-1-11-20-17(22)12-24-18(23)15-4-2-13(3-5-15)14-6-8-16(21)9-7-14/h2-9,21H,1,11-12H2,(H,20,22). The lowest BCUT2D eigenvalue weighted by Crippen LogP contribution is -2.29. The minimum Gasteiger partial charge on any atom is -0.508 e. The Hall–Kier alpha value is -3.33. The lowest BCUT2D eigenvalue weighted by atomic mass is 10.0. The van der Waals surface area contributed by atoms with Gasteiger partial charge in [0.05, 0.1) is 18.1 Å². The normalized spacial score (nSPS) is 9.79. The summed E-state index contributed by atoms with van der Waals surface area (Å²) in [5.41, 5.74) is 2.13. The van der Waals surface area contributed by atoms with Crippen LogP contribution in [0.15, 0.2) is 48.5 Å². The average molecular weight is 324 g/mol. The highest BCUT2D eigenvalue weighted by molar-refractivity contribution is 5.91. The van der Waals surface area contributed by atoms with Crippen molar-refractivity contribution in [3.05, 3.63) is 54.1 Å². The smallest absolute Gasteiger partial charge is 0.338 e. The van der Waals surface area contributed by atoms with Gasteiger partial charge in [-0.05, 0) is 35.4 Å². The third-order valence-electron chi connectivity index (χ3n) is 3.21. The number of nitriles is 1. The molecule has 0 bridgehead atoms. The number of benzene rings is 2. The van der Waals surface area contributed by atoms with Gasteiger partial charge < -0.3 is 15.2 Å². The second-order valence-electron chi connectivity index (χ2n) is 4.96. The van der Waals surface area contributed by atoms with Crippen LogP contribution in [-0.2, 0) is 9.53 Å². The zero-order valence-corrected chi connectivity index (χ0v) is 12.9. The molecule has 6 heteroatoms. The molecule has 0 aromatic heterocycles. The van der Waals surface area contributed by atoms with Crippen LogP contribution in [0.5, 0.6) is 5.75 Å². The number of nitrogens with zero attached hydrogens (tertiary/aromatic N) is 1. The summed E-state index contributed by atoms with van der Waals surface area (Å²) in [6.45, 7) is -0.155. The Kier molecular flexibility index (Phi) is 5.92. The van der Waals surface area contributed by atoms with E-state index >= 15 is 0 Å². The Bertz CT molecular complexity index is 746. The first kappa shape index (κ1) is 17.0. The number of phenolic OH excluding ortho intramolecular Hbond substituents is 1. The predicted molar refractivity (Wildman–Crippen MR) is 87.1 cm³/mol. The van der Waals surface area contributed by atoms with Crippen LogP contribution >= 0.6 is 0 Å². The van der Waals surface area contributed by atoms with E-state index in [1.807, 2.05) is 6.07 Å². The molecule has 0 aliphatic carbocycles. The van der Waals surface area contributed by atoms with Gasteiger partial charge in [-0.15, -0.1) is 0 Å². The van der Waals surface area contributed by atoms with E-state index in [2.05, 4.69) is 5.32 Å². The van der Waals surface area contributed by atoms with Crippen molar-refractivity contribution in [1.82, 2.24) is 5.32 Å². The molecule has 0 aliphatic heterocycles. The summed E-state index contributed by atoms with van der Waals surface area (Å²) in [5.74, 6) is -0.853. The first-order valence-electron chi connectivity index (χ1n) is 7.30. The van der Waals surface area contributed by atoms with E-state index in [0.29, 0.717) is 5.56 Å². The lowest BCUT2D eigenvalue weighted by Gasteiger charge is -2.06. The van der Waals surface area contributed by atoms with Gasteiger partial charge >= 0.3 is 5.97 Å². The van der Waals surface area contributed by atoms with E-state index in [-0.39, 0.29) is 25.3 Å². The van der Waals surface area contributed by atoms with Gasteiger partial charge in [-0.25, -0.2) is 4.79 Å². The maximum absolute atomic E-state index is 11.9. The highest BCUT2D eigenvalue weighted by Gasteiger charge is 2.10. The summed E-state index contributed by atoms with van der Waals surface area (Å²) in [6.07, 6.45) is 0.207. The van der Waals surface area contributed by atoms with Crippen molar-refractivity contribution in [2.75, 3.05) is 13.2 Å². The Morgan fingerprint density at radius 3 is 2.21 bits per heavy atom. The maximum atomic E-state index is 11.9. The molecule has 2 N–H and O–H groups in total. The minimum absolute atomic E-state index is 0.187. The summed E-state index contributed by atoms with van der Waals surface area (Å²) < 4.78 is 4.91. The van der Waals surface area contributed by atoms with Crippen LogP contribution in [0.1, 0.15) is 16.8 Å². The number of hydrogen-bond acceptors (Lipinski definition) is 5. The fourth-order valence-electron chi connectivity index (χ4n) is 1.98. The quantitative estimate of drug-likeness (QED) is 0.627. The summed E-state index contributed by atoms with van der Waals surface area (Å²) in [6, 6.07) is 15.4. The molecule has 0 spiro atoms. The van der Waals surface area contributed by atoms with Crippen molar-refractivity contribution in [2.45, 2.75) is 6.42 Å². The molecule has 2 aromatic rings. The predicted octanol–water partition coefficient (Wildman–Crippen LogP) is 2.25. The second-order valence-corrected chi connectivity index (χ2v) is 4.96. The Balaban J connectivity index is 1.90. The van der Waals surface area contributed by atoms with Gasteiger partial charge in [-0.3, -0.25) is 4.79 Å². The molecular formula is C18H16N2O4. The Morgan fingerprint density at radius 1 is 1.04 bits per heavy atom. The van der Waals surface area contributed by atoms with Crippen LogP contribution in [0.4, 0.5) is 0 Å². The first-order valence-corrected chi connectivity index (χ1v) is 7.30. The number of ether oxygens (including phenoxy) is 1.